The molecular formula is C12H17NO2. The van der Waals surface area contributed by atoms with Crippen LogP contribution < -0.4 is 0 Å². The second kappa shape index (κ2) is 5.39. The van der Waals surface area contributed by atoms with Gasteiger partial charge in [-0.3, -0.25) is 4.79 Å². The van der Waals surface area contributed by atoms with Crippen molar-refractivity contribution in [3.8, 4) is 0 Å². The summed E-state index contributed by atoms with van der Waals surface area (Å²) in [5, 5.41) is 0. The molecule has 0 radical (unpaired) electrons. The average molecular weight is 207 g/mol. The van der Waals surface area contributed by atoms with Gasteiger partial charge in [0.1, 0.15) is 11.5 Å². The molecule has 0 aliphatic carbocycles. The fourth-order valence-electron chi connectivity index (χ4n) is 1.34. The lowest BCUT2D eigenvalue weighted by atomic mass is 10.3. The number of likely N-dealkylation sites (N-methyl/N-ethyl adjacent to an activating group) is 1. The Morgan fingerprint density at radius 1 is 1.40 bits per heavy atom. The summed E-state index contributed by atoms with van der Waals surface area (Å²) in [5.41, 5.74) is 0. The van der Waals surface area contributed by atoms with Crippen molar-refractivity contribution < 1.29 is 9.21 Å². The Morgan fingerprint density at radius 3 is 2.53 bits per heavy atom. The lowest BCUT2D eigenvalue weighted by Crippen LogP contribution is -2.28. The SMILES string of the molecule is CCN(CC)C(=O)C=Cc1ccc(C)o1. The molecule has 3 heteroatoms. The highest BCUT2D eigenvalue weighted by Crippen LogP contribution is 2.08. The van der Waals surface area contributed by atoms with E-state index in [0.717, 1.165) is 18.8 Å². The number of aryl methyl sites for hydroxylation is 1. The van der Waals surface area contributed by atoms with E-state index >= 15 is 0 Å². The first-order valence-corrected chi connectivity index (χ1v) is 5.20. The third-order valence-corrected chi connectivity index (χ3v) is 2.23. The second-order valence-corrected chi connectivity index (χ2v) is 3.29. The minimum Gasteiger partial charge on any atom is -0.462 e. The monoisotopic (exact) mass is 207 g/mol. The van der Waals surface area contributed by atoms with Crippen molar-refractivity contribution in [2.24, 2.45) is 0 Å². The van der Waals surface area contributed by atoms with Gasteiger partial charge in [-0.2, -0.15) is 0 Å². The quantitative estimate of drug-likeness (QED) is 0.711. The summed E-state index contributed by atoms with van der Waals surface area (Å²) in [6, 6.07) is 3.73. The fourth-order valence-corrected chi connectivity index (χ4v) is 1.34. The standard InChI is InChI=1S/C12H17NO2/c1-4-13(5-2)12(14)9-8-11-7-6-10(3)15-11/h6-9H,4-5H2,1-3H3. The van der Waals surface area contributed by atoms with Crippen molar-refractivity contribution in [1.82, 2.24) is 4.90 Å². The van der Waals surface area contributed by atoms with Gasteiger partial charge >= 0.3 is 0 Å². The molecule has 0 aliphatic rings. The Hall–Kier alpha value is -1.51. The molecule has 0 aromatic carbocycles. The molecule has 0 saturated carbocycles. The number of carbonyl (C=O) groups excluding carboxylic acids is 1. The Bertz CT molecular complexity index is 348. The van der Waals surface area contributed by atoms with Crippen LogP contribution in [0.25, 0.3) is 6.08 Å². The molecule has 1 heterocycles. The summed E-state index contributed by atoms with van der Waals surface area (Å²) >= 11 is 0. The van der Waals surface area contributed by atoms with Crippen LogP contribution in [0.4, 0.5) is 0 Å². The molecule has 1 rings (SSSR count). The number of furan rings is 1. The normalized spacial score (nSPS) is 10.9. The molecule has 1 amide bonds. The highest BCUT2D eigenvalue weighted by molar-refractivity contribution is 5.91. The van der Waals surface area contributed by atoms with E-state index in [1.165, 1.54) is 0 Å². The molecule has 0 unspecified atom stereocenters. The van der Waals surface area contributed by atoms with Crippen LogP contribution in [0.1, 0.15) is 25.4 Å². The maximum Gasteiger partial charge on any atom is 0.246 e. The molecule has 0 N–H and O–H groups in total. The van der Waals surface area contributed by atoms with Crippen LogP contribution in [0.2, 0.25) is 0 Å². The predicted molar refractivity (Wildman–Crippen MR) is 60.4 cm³/mol. The maximum atomic E-state index is 11.6. The second-order valence-electron chi connectivity index (χ2n) is 3.29. The van der Waals surface area contributed by atoms with E-state index in [0.29, 0.717) is 5.76 Å². The maximum absolute atomic E-state index is 11.6. The largest absolute Gasteiger partial charge is 0.462 e. The third-order valence-electron chi connectivity index (χ3n) is 2.23. The van der Waals surface area contributed by atoms with E-state index in [-0.39, 0.29) is 5.91 Å². The Balaban J connectivity index is 2.61. The van der Waals surface area contributed by atoms with Gasteiger partial charge in [0.05, 0.1) is 0 Å². The van der Waals surface area contributed by atoms with E-state index in [1.54, 1.807) is 17.1 Å². The summed E-state index contributed by atoms with van der Waals surface area (Å²) in [5.74, 6) is 1.59. The van der Waals surface area contributed by atoms with Crippen molar-refractivity contribution in [1.29, 1.82) is 0 Å². The zero-order valence-corrected chi connectivity index (χ0v) is 9.49. The van der Waals surface area contributed by atoms with Gasteiger partial charge in [-0.1, -0.05) is 0 Å². The van der Waals surface area contributed by atoms with Crippen LogP contribution >= 0.6 is 0 Å². The molecule has 15 heavy (non-hydrogen) atoms. The first kappa shape index (κ1) is 11.6. The van der Waals surface area contributed by atoms with E-state index in [4.69, 9.17) is 4.42 Å². The first-order chi connectivity index (χ1) is 7.17. The first-order valence-electron chi connectivity index (χ1n) is 5.20. The molecule has 0 atom stereocenters. The van der Waals surface area contributed by atoms with Gasteiger partial charge in [0.15, 0.2) is 0 Å². The molecule has 82 valence electrons. The molecular weight excluding hydrogens is 190 g/mol. The lowest BCUT2D eigenvalue weighted by Gasteiger charge is -2.15. The topological polar surface area (TPSA) is 33.5 Å². The van der Waals surface area contributed by atoms with Crippen molar-refractivity contribution in [3.05, 3.63) is 29.7 Å². The van der Waals surface area contributed by atoms with E-state index in [9.17, 15) is 4.79 Å². The van der Waals surface area contributed by atoms with Gasteiger partial charge in [-0.05, 0) is 39.0 Å². The highest BCUT2D eigenvalue weighted by Gasteiger charge is 2.04. The number of hydrogen-bond donors (Lipinski definition) is 0. The molecule has 0 aliphatic heterocycles. The molecule has 0 spiro atoms. The van der Waals surface area contributed by atoms with Crippen molar-refractivity contribution >= 4 is 12.0 Å². The molecule has 0 saturated heterocycles. The van der Waals surface area contributed by atoms with E-state index in [1.807, 2.05) is 32.9 Å². The van der Waals surface area contributed by atoms with Crippen LogP contribution in [0.3, 0.4) is 0 Å². The fraction of sp³-hybridized carbons (Fsp3) is 0.417. The smallest absolute Gasteiger partial charge is 0.246 e. The summed E-state index contributed by atoms with van der Waals surface area (Å²) in [7, 11) is 0. The lowest BCUT2D eigenvalue weighted by molar-refractivity contribution is -0.125. The van der Waals surface area contributed by atoms with Crippen LogP contribution in [0, 0.1) is 6.92 Å². The average Bonchev–Trinajstić information content (AvgIpc) is 2.63. The van der Waals surface area contributed by atoms with Crippen LogP contribution in [0.15, 0.2) is 22.6 Å². The number of hydrogen-bond acceptors (Lipinski definition) is 2. The minimum absolute atomic E-state index is 0.0223. The number of nitrogens with zero attached hydrogens (tertiary/aromatic N) is 1. The van der Waals surface area contributed by atoms with Gasteiger partial charge in [-0.25, -0.2) is 0 Å². The Morgan fingerprint density at radius 2 is 2.07 bits per heavy atom. The predicted octanol–water partition coefficient (Wildman–Crippen LogP) is 2.47. The summed E-state index contributed by atoms with van der Waals surface area (Å²) < 4.78 is 5.32. The van der Waals surface area contributed by atoms with Crippen molar-refractivity contribution in [2.75, 3.05) is 13.1 Å². The molecule has 3 nitrogen and oxygen atoms in total. The zero-order chi connectivity index (χ0) is 11.3. The van der Waals surface area contributed by atoms with Crippen LogP contribution in [-0.4, -0.2) is 23.9 Å². The van der Waals surface area contributed by atoms with Crippen LogP contribution in [0.5, 0.6) is 0 Å². The molecule has 0 bridgehead atoms. The summed E-state index contributed by atoms with van der Waals surface area (Å²) in [4.78, 5) is 13.3. The molecule has 1 aromatic rings. The number of carbonyl (C=O) groups is 1. The van der Waals surface area contributed by atoms with Gasteiger partial charge in [0.2, 0.25) is 5.91 Å². The van der Waals surface area contributed by atoms with Gasteiger partial charge < -0.3 is 9.32 Å². The molecule has 1 aromatic heterocycles. The van der Waals surface area contributed by atoms with E-state index < -0.39 is 0 Å². The molecule has 0 fully saturated rings. The summed E-state index contributed by atoms with van der Waals surface area (Å²) in [6.07, 6.45) is 3.25. The Labute approximate surface area is 90.4 Å². The van der Waals surface area contributed by atoms with Crippen LogP contribution in [-0.2, 0) is 4.79 Å². The van der Waals surface area contributed by atoms with Gasteiger partial charge in [-0.15, -0.1) is 0 Å². The van der Waals surface area contributed by atoms with Gasteiger partial charge in [0.25, 0.3) is 0 Å². The van der Waals surface area contributed by atoms with Crippen molar-refractivity contribution in [3.63, 3.8) is 0 Å². The van der Waals surface area contributed by atoms with E-state index in [2.05, 4.69) is 0 Å². The minimum atomic E-state index is 0.0223. The third kappa shape index (κ3) is 3.27. The summed E-state index contributed by atoms with van der Waals surface area (Å²) in [6.45, 7) is 7.27. The highest BCUT2D eigenvalue weighted by atomic mass is 16.3. The zero-order valence-electron chi connectivity index (χ0n) is 9.49. The number of rotatable bonds is 4. The van der Waals surface area contributed by atoms with Crippen molar-refractivity contribution in [2.45, 2.75) is 20.8 Å². The number of amides is 1. The van der Waals surface area contributed by atoms with Gasteiger partial charge in [0, 0.05) is 19.2 Å². The Kier molecular flexibility index (Phi) is 4.16.